The molecule has 1 unspecified atom stereocenters. The topological polar surface area (TPSA) is 38.0 Å². The predicted molar refractivity (Wildman–Crippen MR) is 43.7 cm³/mol. The maximum atomic E-state index is 12.3. The van der Waals surface area contributed by atoms with Crippen LogP contribution in [0.2, 0.25) is 0 Å². The van der Waals surface area contributed by atoms with Crippen molar-refractivity contribution in [3.8, 4) is 0 Å². The molecule has 76 valence electrons. The fraction of sp³-hybridized carbons (Fsp3) is 0.750. The Kier molecular flexibility index (Phi) is 3.33. The number of hydrazine groups is 1. The van der Waals surface area contributed by atoms with E-state index in [0.717, 1.165) is 19.3 Å². The molecule has 0 aromatic heterocycles. The third-order valence-corrected chi connectivity index (χ3v) is 2.19. The van der Waals surface area contributed by atoms with Gasteiger partial charge in [-0.2, -0.15) is 13.2 Å². The Hall–Kier alpha value is -0.550. The van der Waals surface area contributed by atoms with Gasteiger partial charge in [-0.3, -0.25) is 5.84 Å². The van der Waals surface area contributed by atoms with Crippen molar-refractivity contribution in [1.29, 1.82) is 0 Å². The Labute approximate surface area is 75.0 Å². The number of allylic oxidation sites excluding steroid dienone is 1. The average Bonchev–Trinajstić information content (AvgIpc) is 2.05. The predicted octanol–water partition coefficient (Wildman–Crippen LogP) is 1.88. The lowest BCUT2D eigenvalue weighted by Crippen LogP contribution is -2.47. The average molecular weight is 194 g/mol. The van der Waals surface area contributed by atoms with Crippen LogP contribution in [0.1, 0.15) is 25.7 Å². The number of halogens is 3. The Morgan fingerprint density at radius 2 is 2.08 bits per heavy atom. The number of hydrogen-bond acceptors (Lipinski definition) is 2. The minimum atomic E-state index is -4.28. The summed E-state index contributed by atoms with van der Waals surface area (Å²) in [5.74, 6) is 4.88. The minimum absolute atomic E-state index is 0.376. The van der Waals surface area contributed by atoms with Crippen LogP contribution in [0.25, 0.3) is 0 Å². The summed E-state index contributed by atoms with van der Waals surface area (Å²) < 4.78 is 37.0. The highest BCUT2D eigenvalue weighted by Crippen LogP contribution is 2.30. The minimum Gasteiger partial charge on any atom is -0.271 e. The summed E-state index contributed by atoms with van der Waals surface area (Å²) in [7, 11) is 0. The van der Waals surface area contributed by atoms with Crippen molar-refractivity contribution >= 4 is 0 Å². The molecule has 0 aromatic rings. The van der Waals surface area contributed by atoms with Crippen molar-refractivity contribution < 1.29 is 13.2 Å². The van der Waals surface area contributed by atoms with E-state index < -0.39 is 12.2 Å². The quantitative estimate of drug-likeness (QED) is 0.400. The molecule has 0 aliphatic heterocycles. The third-order valence-electron chi connectivity index (χ3n) is 2.19. The van der Waals surface area contributed by atoms with Gasteiger partial charge in [-0.25, -0.2) is 5.43 Å². The van der Waals surface area contributed by atoms with Crippen LogP contribution < -0.4 is 11.3 Å². The molecule has 1 aliphatic rings. The van der Waals surface area contributed by atoms with Crippen LogP contribution in [0.15, 0.2) is 11.6 Å². The number of nitrogens with two attached hydrogens (primary N) is 1. The van der Waals surface area contributed by atoms with Crippen LogP contribution >= 0.6 is 0 Å². The number of hydrogen-bond donors (Lipinski definition) is 2. The summed E-state index contributed by atoms with van der Waals surface area (Å²) in [4.78, 5) is 0. The molecule has 3 N–H and O–H groups in total. The van der Waals surface area contributed by atoms with E-state index >= 15 is 0 Å². The lowest BCUT2D eigenvalue weighted by atomic mass is 9.94. The van der Waals surface area contributed by atoms with E-state index in [1.165, 1.54) is 0 Å². The van der Waals surface area contributed by atoms with Gasteiger partial charge in [-0.15, -0.1) is 0 Å². The van der Waals surface area contributed by atoms with Crippen LogP contribution in [0.4, 0.5) is 13.2 Å². The molecule has 0 saturated carbocycles. The van der Waals surface area contributed by atoms with E-state index in [1.54, 1.807) is 6.08 Å². The molecule has 0 spiro atoms. The normalized spacial score (nSPS) is 21.1. The van der Waals surface area contributed by atoms with Crippen molar-refractivity contribution in [2.75, 3.05) is 0 Å². The van der Waals surface area contributed by atoms with Crippen LogP contribution in [-0.4, -0.2) is 12.2 Å². The number of rotatable bonds is 2. The van der Waals surface area contributed by atoms with Gasteiger partial charge in [0.05, 0.1) is 0 Å². The fourth-order valence-electron chi connectivity index (χ4n) is 1.54. The smallest absolute Gasteiger partial charge is 0.271 e. The summed E-state index contributed by atoms with van der Waals surface area (Å²) >= 11 is 0. The first kappa shape index (κ1) is 10.5. The van der Waals surface area contributed by atoms with E-state index in [2.05, 4.69) is 0 Å². The molecule has 0 heterocycles. The molecule has 0 fully saturated rings. The molecule has 2 nitrogen and oxygen atoms in total. The summed E-state index contributed by atoms with van der Waals surface area (Å²) in [6.45, 7) is 0. The molecule has 13 heavy (non-hydrogen) atoms. The molecule has 0 radical (unpaired) electrons. The highest BCUT2D eigenvalue weighted by molar-refractivity contribution is 5.15. The Bertz CT molecular complexity index is 198. The van der Waals surface area contributed by atoms with Gasteiger partial charge in [-0.05, 0) is 31.3 Å². The third kappa shape index (κ3) is 2.70. The molecule has 1 aliphatic carbocycles. The molecular weight excluding hydrogens is 181 g/mol. The zero-order valence-electron chi connectivity index (χ0n) is 7.19. The van der Waals surface area contributed by atoms with Gasteiger partial charge in [-0.1, -0.05) is 6.08 Å². The standard InChI is InChI=1S/C8H13F3N2/c9-8(10,11)7(13-12)6-4-2-1-3-5-6/h4,7,13H,1-3,5,12H2. The van der Waals surface area contributed by atoms with Crippen molar-refractivity contribution in [3.63, 3.8) is 0 Å². The first-order chi connectivity index (χ1) is 6.05. The zero-order chi connectivity index (χ0) is 9.90. The first-order valence-corrected chi connectivity index (χ1v) is 4.27. The Balaban J connectivity index is 2.70. The van der Waals surface area contributed by atoms with E-state index in [4.69, 9.17) is 5.84 Å². The molecule has 0 amide bonds. The molecule has 0 saturated heterocycles. The van der Waals surface area contributed by atoms with Gasteiger partial charge in [0.1, 0.15) is 6.04 Å². The highest BCUT2D eigenvalue weighted by atomic mass is 19.4. The SMILES string of the molecule is NNC(C1=CCCCC1)C(F)(F)F. The van der Waals surface area contributed by atoms with Crippen LogP contribution in [0, 0.1) is 0 Å². The summed E-state index contributed by atoms with van der Waals surface area (Å²) in [6, 6.07) is -1.66. The molecule has 1 rings (SSSR count). The van der Waals surface area contributed by atoms with Crippen LogP contribution in [-0.2, 0) is 0 Å². The van der Waals surface area contributed by atoms with Gasteiger partial charge in [0.25, 0.3) is 0 Å². The number of nitrogens with one attached hydrogen (secondary N) is 1. The molecule has 0 bridgehead atoms. The Morgan fingerprint density at radius 3 is 2.46 bits per heavy atom. The van der Waals surface area contributed by atoms with E-state index in [-0.39, 0.29) is 0 Å². The second kappa shape index (κ2) is 4.11. The fourth-order valence-corrected chi connectivity index (χ4v) is 1.54. The van der Waals surface area contributed by atoms with Crippen molar-refractivity contribution in [2.24, 2.45) is 5.84 Å². The van der Waals surface area contributed by atoms with Gasteiger partial charge in [0, 0.05) is 0 Å². The molecule has 5 heteroatoms. The van der Waals surface area contributed by atoms with Crippen molar-refractivity contribution in [3.05, 3.63) is 11.6 Å². The summed E-state index contributed by atoms with van der Waals surface area (Å²) in [5, 5.41) is 0. The maximum Gasteiger partial charge on any atom is 0.408 e. The van der Waals surface area contributed by atoms with E-state index in [0.29, 0.717) is 12.0 Å². The summed E-state index contributed by atoms with van der Waals surface area (Å²) in [5.41, 5.74) is 2.19. The highest BCUT2D eigenvalue weighted by Gasteiger charge is 2.41. The second-order valence-electron chi connectivity index (χ2n) is 3.17. The largest absolute Gasteiger partial charge is 0.408 e. The maximum absolute atomic E-state index is 12.3. The Morgan fingerprint density at radius 1 is 1.38 bits per heavy atom. The lowest BCUT2D eigenvalue weighted by molar-refractivity contribution is -0.147. The van der Waals surface area contributed by atoms with Gasteiger partial charge >= 0.3 is 6.18 Å². The van der Waals surface area contributed by atoms with Crippen molar-refractivity contribution in [1.82, 2.24) is 5.43 Å². The molecular formula is C8H13F3N2. The van der Waals surface area contributed by atoms with Crippen LogP contribution in [0.3, 0.4) is 0 Å². The van der Waals surface area contributed by atoms with Gasteiger partial charge < -0.3 is 0 Å². The van der Waals surface area contributed by atoms with Gasteiger partial charge in [0.15, 0.2) is 0 Å². The lowest BCUT2D eigenvalue weighted by Gasteiger charge is -2.24. The monoisotopic (exact) mass is 194 g/mol. The second-order valence-corrected chi connectivity index (χ2v) is 3.17. The molecule has 0 aromatic carbocycles. The van der Waals surface area contributed by atoms with E-state index in [9.17, 15) is 13.2 Å². The van der Waals surface area contributed by atoms with E-state index in [1.807, 2.05) is 5.43 Å². The van der Waals surface area contributed by atoms with Gasteiger partial charge in [0.2, 0.25) is 0 Å². The van der Waals surface area contributed by atoms with Crippen molar-refractivity contribution in [2.45, 2.75) is 37.9 Å². The molecule has 1 atom stereocenters. The number of alkyl halides is 3. The van der Waals surface area contributed by atoms with Crippen LogP contribution in [0.5, 0.6) is 0 Å². The first-order valence-electron chi connectivity index (χ1n) is 4.27. The zero-order valence-corrected chi connectivity index (χ0v) is 7.19. The summed E-state index contributed by atoms with van der Waals surface area (Å²) in [6.07, 6.45) is 0.371.